The fraction of sp³-hybridized carbons (Fsp3) is 0.500. The first-order valence-electron chi connectivity index (χ1n) is 6.05. The highest BCUT2D eigenvalue weighted by Gasteiger charge is 2.28. The Morgan fingerprint density at radius 3 is 2.61 bits per heavy atom. The fourth-order valence-electron chi connectivity index (χ4n) is 1.81. The first-order valence-corrected chi connectivity index (χ1v) is 6.05. The van der Waals surface area contributed by atoms with Crippen molar-refractivity contribution in [1.82, 2.24) is 0 Å². The number of primary amides is 1. The summed E-state index contributed by atoms with van der Waals surface area (Å²) < 4.78 is 5.82. The first-order chi connectivity index (χ1) is 8.24. The van der Waals surface area contributed by atoms with Gasteiger partial charge in [-0.05, 0) is 44.9 Å². The summed E-state index contributed by atoms with van der Waals surface area (Å²) in [7, 11) is 0. The van der Waals surface area contributed by atoms with E-state index in [1.54, 1.807) is 6.92 Å². The Morgan fingerprint density at radius 2 is 2.06 bits per heavy atom. The number of aryl methyl sites for hydroxylation is 1. The Hall–Kier alpha value is -1.55. The van der Waals surface area contributed by atoms with Crippen molar-refractivity contribution in [2.45, 2.75) is 45.8 Å². The predicted octanol–water partition coefficient (Wildman–Crippen LogP) is 1.66. The topological polar surface area (TPSA) is 78.3 Å². The Morgan fingerprint density at radius 1 is 1.44 bits per heavy atom. The van der Waals surface area contributed by atoms with Crippen LogP contribution in [0.3, 0.4) is 0 Å². The summed E-state index contributed by atoms with van der Waals surface area (Å²) in [5.74, 6) is 0.307. The van der Waals surface area contributed by atoms with Crippen LogP contribution in [-0.4, -0.2) is 17.6 Å². The molecule has 0 aromatic heterocycles. The number of carbonyl (C=O) groups excluding carboxylic acids is 1. The van der Waals surface area contributed by atoms with E-state index in [9.17, 15) is 4.79 Å². The van der Waals surface area contributed by atoms with Gasteiger partial charge >= 0.3 is 0 Å². The summed E-state index contributed by atoms with van der Waals surface area (Å²) in [4.78, 5) is 11.2. The maximum Gasteiger partial charge on any atom is 0.237 e. The molecule has 1 aromatic carbocycles. The number of carbonyl (C=O) groups is 1. The number of hydrogen-bond acceptors (Lipinski definition) is 3. The molecule has 4 heteroatoms. The van der Waals surface area contributed by atoms with Crippen molar-refractivity contribution >= 4 is 5.91 Å². The summed E-state index contributed by atoms with van der Waals surface area (Å²) in [6.45, 7) is 7.55. The van der Waals surface area contributed by atoms with Crippen LogP contribution < -0.4 is 16.2 Å². The lowest BCUT2D eigenvalue weighted by molar-refractivity contribution is -0.123. The molecule has 0 saturated heterocycles. The zero-order valence-electron chi connectivity index (χ0n) is 11.5. The van der Waals surface area contributed by atoms with Gasteiger partial charge in [0.05, 0.1) is 11.6 Å². The Kier molecular flexibility index (Phi) is 4.35. The number of benzene rings is 1. The summed E-state index contributed by atoms with van der Waals surface area (Å²) in [5.41, 5.74) is 12.3. The molecule has 1 aromatic rings. The smallest absolute Gasteiger partial charge is 0.237 e. The average molecular weight is 250 g/mol. The monoisotopic (exact) mass is 250 g/mol. The van der Waals surface area contributed by atoms with Gasteiger partial charge in [0.2, 0.25) is 5.91 Å². The number of ether oxygens (including phenoxy) is 1. The van der Waals surface area contributed by atoms with Crippen LogP contribution in [0.25, 0.3) is 0 Å². The van der Waals surface area contributed by atoms with E-state index < -0.39 is 11.4 Å². The predicted molar refractivity (Wildman–Crippen MR) is 72.4 cm³/mol. The lowest BCUT2D eigenvalue weighted by Crippen LogP contribution is -2.51. The maximum atomic E-state index is 11.2. The molecule has 0 aliphatic carbocycles. The molecule has 0 radical (unpaired) electrons. The molecule has 18 heavy (non-hydrogen) atoms. The van der Waals surface area contributed by atoms with Gasteiger partial charge in [-0.25, -0.2) is 0 Å². The second-order valence-electron chi connectivity index (χ2n) is 5.11. The summed E-state index contributed by atoms with van der Waals surface area (Å²) >= 11 is 0. The third-order valence-electron chi connectivity index (χ3n) is 3.16. The highest BCUT2D eigenvalue weighted by atomic mass is 16.5. The van der Waals surface area contributed by atoms with Crippen molar-refractivity contribution in [2.75, 3.05) is 0 Å². The molecule has 0 bridgehead atoms. The number of hydrogen-bond donors (Lipinski definition) is 2. The van der Waals surface area contributed by atoms with E-state index >= 15 is 0 Å². The van der Waals surface area contributed by atoms with Gasteiger partial charge in [0.1, 0.15) is 5.75 Å². The van der Waals surface area contributed by atoms with Crippen LogP contribution >= 0.6 is 0 Å². The number of rotatable bonds is 5. The lowest BCUT2D eigenvalue weighted by Gasteiger charge is -2.25. The van der Waals surface area contributed by atoms with Crippen molar-refractivity contribution in [3.05, 3.63) is 29.3 Å². The summed E-state index contributed by atoms with van der Waals surface area (Å²) in [5, 5.41) is 0. The molecular weight excluding hydrogens is 228 g/mol. The zero-order valence-corrected chi connectivity index (χ0v) is 11.5. The van der Waals surface area contributed by atoms with Crippen LogP contribution in [0.1, 0.15) is 31.4 Å². The van der Waals surface area contributed by atoms with Gasteiger partial charge in [-0.15, -0.1) is 0 Å². The Labute approximate surface area is 108 Å². The van der Waals surface area contributed by atoms with E-state index in [1.807, 2.05) is 39.0 Å². The fourth-order valence-corrected chi connectivity index (χ4v) is 1.81. The van der Waals surface area contributed by atoms with Gasteiger partial charge in [-0.1, -0.05) is 12.1 Å². The minimum Gasteiger partial charge on any atom is -0.490 e. The molecular formula is C14H22N2O2. The quantitative estimate of drug-likeness (QED) is 0.834. The van der Waals surface area contributed by atoms with E-state index in [1.165, 1.54) is 5.56 Å². The molecule has 1 rings (SSSR count). The van der Waals surface area contributed by atoms with Crippen LogP contribution in [0.15, 0.2) is 18.2 Å². The molecule has 1 amide bonds. The molecule has 0 heterocycles. The second-order valence-corrected chi connectivity index (χ2v) is 5.11. The minimum atomic E-state index is -1.04. The number of amides is 1. The van der Waals surface area contributed by atoms with Crippen molar-refractivity contribution in [3.8, 4) is 5.75 Å². The van der Waals surface area contributed by atoms with Gasteiger partial charge in [0.15, 0.2) is 0 Å². The van der Waals surface area contributed by atoms with Crippen molar-refractivity contribution < 1.29 is 9.53 Å². The standard InChI is InChI=1S/C14H22N2O2/c1-9-6-5-7-12(11(9)3)18-10(2)8-14(4,16)13(15)17/h5-7,10H,8,16H2,1-4H3,(H2,15,17). The van der Waals surface area contributed by atoms with E-state index in [0.717, 1.165) is 11.3 Å². The second kappa shape index (κ2) is 5.40. The number of nitrogens with two attached hydrogens (primary N) is 2. The van der Waals surface area contributed by atoms with E-state index in [4.69, 9.17) is 16.2 Å². The molecule has 2 unspecified atom stereocenters. The van der Waals surface area contributed by atoms with Gasteiger partial charge < -0.3 is 16.2 Å². The van der Waals surface area contributed by atoms with Crippen molar-refractivity contribution in [2.24, 2.45) is 11.5 Å². The third-order valence-corrected chi connectivity index (χ3v) is 3.16. The van der Waals surface area contributed by atoms with Crippen LogP contribution in [0.4, 0.5) is 0 Å². The third kappa shape index (κ3) is 3.47. The zero-order chi connectivity index (χ0) is 13.9. The lowest BCUT2D eigenvalue weighted by atomic mass is 9.95. The highest BCUT2D eigenvalue weighted by Crippen LogP contribution is 2.23. The molecule has 0 fully saturated rings. The van der Waals surface area contributed by atoms with Crippen molar-refractivity contribution in [3.63, 3.8) is 0 Å². The van der Waals surface area contributed by atoms with Gasteiger partial charge in [0.25, 0.3) is 0 Å². The molecule has 100 valence electrons. The summed E-state index contributed by atoms with van der Waals surface area (Å²) in [6, 6.07) is 5.89. The van der Waals surface area contributed by atoms with Gasteiger partial charge in [-0.3, -0.25) is 4.79 Å². The van der Waals surface area contributed by atoms with E-state index in [-0.39, 0.29) is 6.10 Å². The van der Waals surface area contributed by atoms with E-state index in [2.05, 4.69) is 0 Å². The van der Waals surface area contributed by atoms with Crippen LogP contribution in [0, 0.1) is 13.8 Å². The van der Waals surface area contributed by atoms with Crippen LogP contribution in [0.2, 0.25) is 0 Å². The largest absolute Gasteiger partial charge is 0.490 e. The molecule has 4 nitrogen and oxygen atoms in total. The maximum absolute atomic E-state index is 11.2. The first kappa shape index (κ1) is 14.5. The molecule has 2 atom stereocenters. The van der Waals surface area contributed by atoms with Crippen LogP contribution in [0.5, 0.6) is 5.75 Å². The molecule has 0 aliphatic rings. The average Bonchev–Trinajstić information content (AvgIpc) is 2.23. The minimum absolute atomic E-state index is 0.173. The van der Waals surface area contributed by atoms with Crippen molar-refractivity contribution in [1.29, 1.82) is 0 Å². The SMILES string of the molecule is Cc1cccc(OC(C)CC(C)(N)C(N)=O)c1C. The highest BCUT2D eigenvalue weighted by molar-refractivity contribution is 5.83. The van der Waals surface area contributed by atoms with Gasteiger partial charge in [-0.2, -0.15) is 0 Å². The molecule has 0 spiro atoms. The molecule has 4 N–H and O–H groups in total. The summed E-state index contributed by atoms with van der Waals surface area (Å²) in [6.07, 6.45) is 0.211. The van der Waals surface area contributed by atoms with E-state index in [0.29, 0.717) is 6.42 Å². The Bertz CT molecular complexity index is 441. The Balaban J connectivity index is 2.74. The van der Waals surface area contributed by atoms with Gasteiger partial charge in [0, 0.05) is 6.42 Å². The van der Waals surface area contributed by atoms with Crippen LogP contribution in [-0.2, 0) is 4.79 Å². The normalized spacial score (nSPS) is 15.8. The molecule has 0 aliphatic heterocycles. The molecule has 0 saturated carbocycles.